The molecule has 1 heterocycles. The van der Waals surface area contributed by atoms with Gasteiger partial charge in [-0.2, -0.15) is 0 Å². The summed E-state index contributed by atoms with van der Waals surface area (Å²) >= 11 is 0. The maximum absolute atomic E-state index is 13.0. The normalized spacial score (nSPS) is 11.9. The van der Waals surface area contributed by atoms with Crippen molar-refractivity contribution in [1.29, 1.82) is 0 Å². The van der Waals surface area contributed by atoms with Crippen LogP contribution in [0.25, 0.3) is 21.7 Å². The molecule has 0 aliphatic carbocycles. The maximum Gasteiger partial charge on any atom is 0.328 e. The second-order valence-electron chi connectivity index (χ2n) is 6.77. The van der Waals surface area contributed by atoms with Gasteiger partial charge in [-0.1, -0.05) is 60.7 Å². The molecule has 144 valence electrons. The van der Waals surface area contributed by atoms with Gasteiger partial charge in [0, 0.05) is 18.0 Å². The maximum atomic E-state index is 13.0. The molecule has 3 aromatic carbocycles. The molecular formula is C24H20N2O3. The molecule has 29 heavy (non-hydrogen) atoms. The Morgan fingerprint density at radius 3 is 2.48 bits per heavy atom. The van der Waals surface area contributed by atoms with E-state index < -0.39 is 12.0 Å². The van der Waals surface area contributed by atoms with E-state index in [0.717, 1.165) is 27.2 Å². The molecular weight excluding hydrogens is 364 g/mol. The topological polar surface area (TPSA) is 68.3 Å². The lowest BCUT2D eigenvalue weighted by molar-refractivity contribution is -0.142. The summed E-state index contributed by atoms with van der Waals surface area (Å²) in [5.41, 5.74) is 2.17. The molecule has 1 amide bonds. The quantitative estimate of drug-likeness (QED) is 0.530. The van der Waals surface area contributed by atoms with Crippen molar-refractivity contribution in [1.82, 2.24) is 10.3 Å². The summed E-state index contributed by atoms with van der Waals surface area (Å²) in [6.45, 7) is 0. The van der Waals surface area contributed by atoms with Crippen LogP contribution in [0.1, 0.15) is 15.9 Å². The van der Waals surface area contributed by atoms with Crippen molar-refractivity contribution in [2.45, 2.75) is 12.5 Å². The van der Waals surface area contributed by atoms with E-state index in [2.05, 4.69) is 10.3 Å². The molecule has 0 aliphatic rings. The number of hydrogen-bond acceptors (Lipinski definition) is 4. The number of carbonyl (C=O) groups is 2. The molecule has 4 rings (SSSR count). The molecule has 1 aromatic heterocycles. The van der Waals surface area contributed by atoms with Crippen LogP contribution < -0.4 is 5.32 Å². The highest BCUT2D eigenvalue weighted by Gasteiger charge is 2.24. The molecule has 0 saturated carbocycles. The number of carbonyl (C=O) groups excluding carboxylic acids is 2. The third kappa shape index (κ3) is 3.80. The Hall–Kier alpha value is -3.73. The molecule has 4 aromatic rings. The lowest BCUT2D eigenvalue weighted by atomic mass is 9.98. The number of esters is 1. The van der Waals surface area contributed by atoms with Gasteiger partial charge >= 0.3 is 5.97 Å². The first-order chi connectivity index (χ1) is 14.2. The highest BCUT2D eigenvalue weighted by molar-refractivity contribution is 6.07. The van der Waals surface area contributed by atoms with Crippen LogP contribution >= 0.6 is 0 Å². The molecule has 5 heteroatoms. The predicted octanol–water partition coefficient (Wildman–Crippen LogP) is 3.90. The fourth-order valence-corrected chi connectivity index (χ4v) is 3.56. The monoisotopic (exact) mass is 384 g/mol. The van der Waals surface area contributed by atoms with Gasteiger partial charge in [0.1, 0.15) is 6.04 Å². The number of pyridine rings is 1. The van der Waals surface area contributed by atoms with Crippen molar-refractivity contribution >= 4 is 33.6 Å². The number of nitrogens with zero attached hydrogens (tertiary/aromatic N) is 1. The fraction of sp³-hybridized carbons (Fsp3) is 0.125. The first-order valence-corrected chi connectivity index (χ1v) is 9.36. The van der Waals surface area contributed by atoms with E-state index in [1.165, 1.54) is 7.11 Å². The minimum atomic E-state index is -0.801. The molecule has 0 radical (unpaired) electrons. The average molecular weight is 384 g/mol. The zero-order chi connectivity index (χ0) is 20.2. The van der Waals surface area contributed by atoms with Crippen molar-refractivity contribution < 1.29 is 14.3 Å². The van der Waals surface area contributed by atoms with Gasteiger partial charge in [-0.05, 0) is 28.5 Å². The van der Waals surface area contributed by atoms with Crippen molar-refractivity contribution in [3.63, 3.8) is 0 Å². The third-order valence-electron chi connectivity index (χ3n) is 4.99. The molecule has 0 saturated heterocycles. The van der Waals surface area contributed by atoms with E-state index >= 15 is 0 Å². The number of nitrogens with one attached hydrogen (secondary N) is 1. The average Bonchev–Trinajstić information content (AvgIpc) is 2.77. The van der Waals surface area contributed by atoms with E-state index in [4.69, 9.17) is 4.74 Å². The second kappa shape index (κ2) is 8.10. The number of methoxy groups -OCH3 is 1. The molecule has 0 spiro atoms. The van der Waals surface area contributed by atoms with Crippen LogP contribution in [0, 0.1) is 0 Å². The number of para-hydroxylation sites is 1. The van der Waals surface area contributed by atoms with Crippen LogP contribution in [0.15, 0.2) is 79.0 Å². The largest absolute Gasteiger partial charge is 0.467 e. The number of ether oxygens (including phenoxy) is 1. The summed E-state index contributed by atoms with van der Waals surface area (Å²) in [7, 11) is 1.33. The van der Waals surface area contributed by atoms with Crippen LogP contribution in [-0.2, 0) is 16.0 Å². The number of benzene rings is 3. The van der Waals surface area contributed by atoms with Crippen molar-refractivity contribution in [2.75, 3.05) is 7.11 Å². The minimum Gasteiger partial charge on any atom is -0.467 e. The first kappa shape index (κ1) is 18.6. The smallest absolute Gasteiger partial charge is 0.328 e. The summed E-state index contributed by atoms with van der Waals surface area (Å²) < 4.78 is 4.95. The molecule has 0 aliphatic heterocycles. The first-order valence-electron chi connectivity index (χ1n) is 9.36. The Bertz CT molecular complexity index is 1190. The van der Waals surface area contributed by atoms with Crippen LogP contribution in [0.4, 0.5) is 0 Å². The second-order valence-corrected chi connectivity index (χ2v) is 6.77. The summed E-state index contributed by atoms with van der Waals surface area (Å²) in [6.07, 6.45) is 1.93. The number of rotatable bonds is 5. The van der Waals surface area contributed by atoms with Gasteiger partial charge < -0.3 is 10.1 Å². The van der Waals surface area contributed by atoms with Gasteiger partial charge in [0.25, 0.3) is 5.91 Å². The zero-order valence-electron chi connectivity index (χ0n) is 16.0. The summed E-state index contributed by atoms with van der Waals surface area (Å²) in [5.74, 6) is -0.816. The number of aromatic nitrogens is 1. The van der Waals surface area contributed by atoms with E-state index in [0.29, 0.717) is 12.0 Å². The number of amides is 1. The standard InChI is InChI=1S/C24H20N2O3/c1-29-24(28)22(15-17-9-6-8-16-7-2-3-10-18(16)17)26-23(27)20-13-14-25-21-12-5-4-11-19(20)21/h2-14,22H,15H2,1H3,(H,26,27)/t22-/m1/s1. The predicted molar refractivity (Wildman–Crippen MR) is 113 cm³/mol. The summed E-state index contributed by atoms with van der Waals surface area (Å²) in [4.78, 5) is 29.7. The number of hydrogen-bond donors (Lipinski definition) is 1. The highest BCUT2D eigenvalue weighted by atomic mass is 16.5. The Morgan fingerprint density at radius 2 is 1.66 bits per heavy atom. The molecule has 0 bridgehead atoms. The fourth-order valence-electron chi connectivity index (χ4n) is 3.56. The van der Waals surface area contributed by atoms with Crippen LogP contribution in [0.3, 0.4) is 0 Å². The van der Waals surface area contributed by atoms with E-state index in [1.807, 2.05) is 66.7 Å². The Morgan fingerprint density at radius 1 is 0.931 bits per heavy atom. The highest BCUT2D eigenvalue weighted by Crippen LogP contribution is 2.21. The van der Waals surface area contributed by atoms with Gasteiger partial charge in [0.05, 0.1) is 18.2 Å². The SMILES string of the molecule is COC(=O)[C@@H](Cc1cccc2ccccc12)NC(=O)c1ccnc2ccccc12. The summed E-state index contributed by atoms with van der Waals surface area (Å²) in [6, 6.07) is 22.2. The molecule has 5 nitrogen and oxygen atoms in total. The Kier molecular flexibility index (Phi) is 5.20. The van der Waals surface area contributed by atoms with Crippen molar-refractivity contribution in [3.8, 4) is 0 Å². The van der Waals surface area contributed by atoms with Gasteiger partial charge in [-0.3, -0.25) is 9.78 Å². The van der Waals surface area contributed by atoms with Crippen molar-refractivity contribution in [2.24, 2.45) is 0 Å². The molecule has 0 unspecified atom stereocenters. The van der Waals surface area contributed by atoms with E-state index in [-0.39, 0.29) is 5.91 Å². The minimum absolute atomic E-state index is 0.334. The molecule has 0 fully saturated rings. The molecule has 1 N–H and O–H groups in total. The lowest BCUT2D eigenvalue weighted by Crippen LogP contribution is -2.43. The lowest BCUT2D eigenvalue weighted by Gasteiger charge is -2.18. The van der Waals surface area contributed by atoms with Crippen molar-refractivity contribution in [3.05, 3.63) is 90.1 Å². The Balaban J connectivity index is 1.65. The van der Waals surface area contributed by atoms with E-state index in [1.54, 1.807) is 12.3 Å². The van der Waals surface area contributed by atoms with Crippen LogP contribution in [0.2, 0.25) is 0 Å². The van der Waals surface area contributed by atoms with Gasteiger partial charge in [0.15, 0.2) is 0 Å². The van der Waals surface area contributed by atoms with E-state index in [9.17, 15) is 9.59 Å². The molecule has 1 atom stereocenters. The van der Waals surface area contributed by atoms with Gasteiger partial charge in [-0.25, -0.2) is 4.79 Å². The van der Waals surface area contributed by atoms with Crippen LogP contribution in [0.5, 0.6) is 0 Å². The zero-order valence-corrected chi connectivity index (χ0v) is 16.0. The van der Waals surface area contributed by atoms with Crippen LogP contribution in [-0.4, -0.2) is 30.0 Å². The van der Waals surface area contributed by atoms with Gasteiger partial charge in [0.2, 0.25) is 0 Å². The Labute approximate surface area is 168 Å². The number of fused-ring (bicyclic) bond motifs is 2. The van der Waals surface area contributed by atoms with Gasteiger partial charge in [-0.15, -0.1) is 0 Å². The third-order valence-corrected chi connectivity index (χ3v) is 4.99. The summed E-state index contributed by atoms with van der Waals surface area (Å²) in [5, 5.41) is 5.72.